The van der Waals surface area contributed by atoms with Crippen molar-refractivity contribution in [1.82, 2.24) is 4.98 Å². The van der Waals surface area contributed by atoms with Crippen LogP contribution in [0.3, 0.4) is 0 Å². The first-order valence-electron chi connectivity index (χ1n) is 4.01. The average Bonchev–Trinajstić information content (AvgIpc) is 2.08. The third-order valence-electron chi connectivity index (χ3n) is 1.61. The summed E-state index contributed by atoms with van der Waals surface area (Å²) in [6.07, 6.45) is -10.0. The third-order valence-corrected chi connectivity index (χ3v) is 2.07. The molecule has 9 heteroatoms. The van der Waals surface area contributed by atoms with E-state index in [1.165, 1.54) is 0 Å². The Morgan fingerprint density at radius 3 is 2.12 bits per heavy atom. The van der Waals surface area contributed by atoms with Gasteiger partial charge in [0.15, 0.2) is 5.75 Å². The fraction of sp³-hybridized carbons (Fsp3) is 0.375. The van der Waals surface area contributed by atoms with Crippen molar-refractivity contribution in [3.8, 4) is 5.75 Å². The van der Waals surface area contributed by atoms with Gasteiger partial charge in [-0.3, -0.25) is 0 Å². The number of pyridine rings is 1. The molecule has 1 rings (SSSR count). The summed E-state index contributed by atoms with van der Waals surface area (Å²) in [7, 11) is 0. The number of hydrogen-bond donors (Lipinski definition) is 0. The Balaban J connectivity index is 3.26. The Morgan fingerprint density at radius 2 is 1.71 bits per heavy atom. The Morgan fingerprint density at radius 1 is 1.18 bits per heavy atom. The highest BCUT2D eigenvalue weighted by Crippen LogP contribution is 2.37. The Kier molecular flexibility index (Phi) is 3.47. The maximum Gasteiger partial charge on any atom is 0.573 e. The Labute approximate surface area is 96.2 Å². The predicted octanol–water partition coefficient (Wildman–Crippen LogP) is 3.96. The molecule has 0 unspecified atom stereocenters. The summed E-state index contributed by atoms with van der Waals surface area (Å²) in [6, 6.07) is 0.100. The van der Waals surface area contributed by atoms with E-state index in [1.807, 2.05) is 0 Å². The lowest BCUT2D eigenvalue weighted by atomic mass is 10.3. The second-order valence-electron chi connectivity index (χ2n) is 2.95. The summed E-state index contributed by atoms with van der Waals surface area (Å²) in [5, 5.41) is -0.615. The molecule has 0 aliphatic heterocycles. The van der Waals surface area contributed by atoms with E-state index in [0.717, 1.165) is 6.92 Å². The molecular formula is C8H4ClF6NO. The van der Waals surface area contributed by atoms with Gasteiger partial charge in [0.2, 0.25) is 0 Å². The van der Waals surface area contributed by atoms with Gasteiger partial charge in [-0.15, -0.1) is 13.2 Å². The van der Waals surface area contributed by atoms with Crippen molar-refractivity contribution >= 4 is 11.6 Å². The van der Waals surface area contributed by atoms with Crippen molar-refractivity contribution in [2.24, 2.45) is 0 Å². The number of aryl methyl sites for hydroxylation is 1. The summed E-state index contributed by atoms with van der Waals surface area (Å²) >= 11 is 5.37. The molecule has 1 aromatic heterocycles. The van der Waals surface area contributed by atoms with Crippen molar-refractivity contribution in [2.45, 2.75) is 19.5 Å². The van der Waals surface area contributed by atoms with E-state index in [0.29, 0.717) is 0 Å². The maximum atomic E-state index is 12.3. The second-order valence-corrected chi connectivity index (χ2v) is 3.33. The molecule has 0 aliphatic rings. The van der Waals surface area contributed by atoms with Crippen LogP contribution in [0.1, 0.15) is 11.4 Å². The summed E-state index contributed by atoms with van der Waals surface area (Å²) in [4.78, 5) is 3.03. The van der Waals surface area contributed by atoms with Crippen molar-refractivity contribution in [3.05, 3.63) is 22.5 Å². The van der Waals surface area contributed by atoms with Crippen LogP contribution in [0.4, 0.5) is 26.3 Å². The normalized spacial score (nSPS) is 12.7. The van der Waals surface area contributed by atoms with Crippen molar-refractivity contribution in [1.29, 1.82) is 0 Å². The lowest BCUT2D eigenvalue weighted by molar-refractivity contribution is -0.274. The summed E-state index contributed by atoms with van der Waals surface area (Å²) < 4.78 is 75.9. The van der Waals surface area contributed by atoms with Gasteiger partial charge in [0, 0.05) is 6.07 Å². The number of rotatable bonds is 1. The minimum absolute atomic E-state index is 0.100. The van der Waals surface area contributed by atoms with E-state index in [-0.39, 0.29) is 6.07 Å². The molecule has 17 heavy (non-hydrogen) atoms. The van der Waals surface area contributed by atoms with Crippen LogP contribution in [0.5, 0.6) is 5.75 Å². The van der Waals surface area contributed by atoms with E-state index in [4.69, 9.17) is 11.6 Å². The number of nitrogens with zero attached hydrogens (tertiary/aromatic N) is 1. The molecule has 0 amide bonds. The van der Waals surface area contributed by atoms with Crippen LogP contribution >= 0.6 is 11.6 Å². The van der Waals surface area contributed by atoms with E-state index < -0.39 is 34.7 Å². The van der Waals surface area contributed by atoms with Crippen LogP contribution in [0, 0.1) is 6.92 Å². The van der Waals surface area contributed by atoms with Gasteiger partial charge >= 0.3 is 12.5 Å². The zero-order valence-electron chi connectivity index (χ0n) is 8.08. The number of alkyl halides is 6. The van der Waals surface area contributed by atoms with Crippen LogP contribution < -0.4 is 4.74 Å². The van der Waals surface area contributed by atoms with Crippen molar-refractivity contribution in [3.63, 3.8) is 0 Å². The van der Waals surface area contributed by atoms with Crippen molar-refractivity contribution < 1.29 is 31.1 Å². The molecule has 0 saturated heterocycles. The van der Waals surface area contributed by atoms with Crippen LogP contribution in [-0.2, 0) is 6.18 Å². The zero-order chi connectivity index (χ0) is 13.4. The SMILES string of the molecule is Cc1nc(C(F)(F)F)cc(OC(F)(F)F)c1Cl. The molecule has 1 heterocycles. The third kappa shape index (κ3) is 3.65. The zero-order valence-corrected chi connectivity index (χ0v) is 8.83. The molecular weight excluding hydrogens is 276 g/mol. The first-order chi connectivity index (χ1) is 7.50. The highest BCUT2D eigenvalue weighted by atomic mass is 35.5. The molecule has 0 spiro atoms. The Hall–Kier alpha value is -1.18. The molecule has 96 valence electrons. The smallest absolute Gasteiger partial charge is 0.404 e. The lowest BCUT2D eigenvalue weighted by Crippen LogP contribution is -2.19. The van der Waals surface area contributed by atoms with E-state index in [9.17, 15) is 26.3 Å². The van der Waals surface area contributed by atoms with Crippen molar-refractivity contribution in [2.75, 3.05) is 0 Å². The van der Waals surface area contributed by atoms with E-state index >= 15 is 0 Å². The van der Waals surface area contributed by atoms with Crippen LogP contribution in [0.25, 0.3) is 0 Å². The molecule has 0 aromatic carbocycles. The summed E-state index contributed by atoms with van der Waals surface area (Å²) in [5.74, 6) is -1.13. The number of halogens is 7. The molecule has 2 nitrogen and oxygen atoms in total. The highest BCUT2D eigenvalue weighted by molar-refractivity contribution is 6.32. The summed E-state index contributed by atoms with van der Waals surface area (Å²) in [5.41, 5.74) is -1.90. The molecule has 1 aromatic rings. The molecule has 0 radical (unpaired) electrons. The molecule has 0 atom stereocenters. The molecule has 0 fully saturated rings. The van der Waals surface area contributed by atoms with Gasteiger partial charge in [-0.2, -0.15) is 13.2 Å². The number of aromatic nitrogens is 1. The minimum Gasteiger partial charge on any atom is -0.404 e. The van der Waals surface area contributed by atoms with Gasteiger partial charge in [0.1, 0.15) is 10.7 Å². The maximum absolute atomic E-state index is 12.3. The van der Waals surface area contributed by atoms with E-state index in [2.05, 4.69) is 9.72 Å². The summed E-state index contributed by atoms with van der Waals surface area (Å²) in [6.45, 7) is 1.04. The number of hydrogen-bond acceptors (Lipinski definition) is 2. The number of ether oxygens (including phenoxy) is 1. The second kappa shape index (κ2) is 4.25. The first-order valence-corrected chi connectivity index (χ1v) is 4.38. The largest absolute Gasteiger partial charge is 0.573 e. The minimum atomic E-state index is -5.12. The van der Waals surface area contributed by atoms with Gasteiger partial charge in [0.25, 0.3) is 0 Å². The van der Waals surface area contributed by atoms with Crippen LogP contribution in [0.15, 0.2) is 6.07 Å². The van der Waals surface area contributed by atoms with Gasteiger partial charge in [0.05, 0.1) is 5.69 Å². The van der Waals surface area contributed by atoms with E-state index in [1.54, 1.807) is 0 Å². The molecule has 0 N–H and O–H groups in total. The molecule has 0 bridgehead atoms. The van der Waals surface area contributed by atoms with Gasteiger partial charge in [-0.05, 0) is 6.92 Å². The average molecular weight is 280 g/mol. The van der Waals surface area contributed by atoms with Crippen LogP contribution in [0.2, 0.25) is 5.02 Å². The monoisotopic (exact) mass is 279 g/mol. The topological polar surface area (TPSA) is 22.1 Å². The molecule has 0 aliphatic carbocycles. The quantitative estimate of drug-likeness (QED) is 0.726. The van der Waals surface area contributed by atoms with Gasteiger partial charge in [-0.1, -0.05) is 11.6 Å². The van der Waals surface area contributed by atoms with Gasteiger partial charge < -0.3 is 4.74 Å². The lowest BCUT2D eigenvalue weighted by Gasteiger charge is -2.14. The predicted molar refractivity (Wildman–Crippen MR) is 45.7 cm³/mol. The Bertz CT molecular complexity index is 427. The van der Waals surface area contributed by atoms with Gasteiger partial charge in [-0.25, -0.2) is 4.98 Å². The fourth-order valence-electron chi connectivity index (χ4n) is 0.972. The van der Waals surface area contributed by atoms with Crippen LogP contribution in [-0.4, -0.2) is 11.3 Å². The fourth-order valence-corrected chi connectivity index (χ4v) is 1.11. The molecule has 0 saturated carbocycles. The highest BCUT2D eigenvalue weighted by Gasteiger charge is 2.37. The standard InChI is InChI=1S/C8H4ClF6NO/c1-3-6(9)4(17-8(13,14)15)2-5(16-3)7(10,11)12/h2H,1H3. The first kappa shape index (κ1) is 13.9.